The summed E-state index contributed by atoms with van der Waals surface area (Å²) in [6, 6.07) is -0.162. The molecule has 1 atom stereocenters. The number of nitrogens with zero attached hydrogens (tertiary/aromatic N) is 1. The first-order valence-electron chi connectivity index (χ1n) is 7.94. The van der Waals surface area contributed by atoms with Crippen LogP contribution in [0.3, 0.4) is 0 Å². The number of carboxylic acids is 1. The minimum Gasteiger partial charge on any atom is -0.481 e. The van der Waals surface area contributed by atoms with Gasteiger partial charge < -0.3 is 20.4 Å². The quantitative estimate of drug-likeness (QED) is 0.716. The van der Waals surface area contributed by atoms with Crippen molar-refractivity contribution in [1.82, 2.24) is 10.2 Å². The SMILES string of the molecule is O=C(NCC1(C(=O)O)CCCC1)N1CCCC(CCO)C1. The number of hydrogen-bond donors (Lipinski definition) is 3. The van der Waals surface area contributed by atoms with Gasteiger partial charge >= 0.3 is 12.0 Å². The van der Waals surface area contributed by atoms with E-state index in [0.29, 0.717) is 31.8 Å². The van der Waals surface area contributed by atoms with E-state index in [1.807, 2.05) is 0 Å². The summed E-state index contributed by atoms with van der Waals surface area (Å²) in [4.78, 5) is 25.4. The van der Waals surface area contributed by atoms with Crippen molar-refractivity contribution in [2.45, 2.75) is 44.9 Å². The van der Waals surface area contributed by atoms with E-state index in [1.54, 1.807) is 4.90 Å². The van der Waals surface area contributed by atoms with Crippen LogP contribution < -0.4 is 5.32 Å². The Morgan fingerprint density at radius 1 is 1.24 bits per heavy atom. The zero-order chi connectivity index (χ0) is 15.3. The van der Waals surface area contributed by atoms with E-state index in [0.717, 1.165) is 32.1 Å². The molecule has 0 spiro atoms. The first-order chi connectivity index (χ1) is 10.1. The van der Waals surface area contributed by atoms with Crippen LogP contribution in [0.1, 0.15) is 44.9 Å². The highest BCUT2D eigenvalue weighted by Gasteiger charge is 2.41. The number of aliphatic hydroxyl groups is 1. The van der Waals surface area contributed by atoms with Crippen LogP contribution in [0, 0.1) is 11.3 Å². The fourth-order valence-corrected chi connectivity index (χ4v) is 3.54. The van der Waals surface area contributed by atoms with Crippen LogP contribution in [0.25, 0.3) is 0 Å². The van der Waals surface area contributed by atoms with Crippen molar-refractivity contribution in [3.05, 3.63) is 0 Å². The second-order valence-electron chi connectivity index (χ2n) is 6.42. The molecule has 0 aromatic carbocycles. The van der Waals surface area contributed by atoms with Gasteiger partial charge in [0, 0.05) is 26.2 Å². The number of urea groups is 1. The molecule has 1 heterocycles. The summed E-state index contributed by atoms with van der Waals surface area (Å²) in [7, 11) is 0. The van der Waals surface area contributed by atoms with Gasteiger partial charge in [0.2, 0.25) is 0 Å². The number of aliphatic carboxylic acids is 1. The van der Waals surface area contributed by atoms with E-state index in [4.69, 9.17) is 5.11 Å². The van der Waals surface area contributed by atoms with Crippen molar-refractivity contribution in [3.8, 4) is 0 Å². The lowest BCUT2D eigenvalue weighted by atomic mass is 9.86. The maximum atomic E-state index is 12.2. The number of amides is 2. The first-order valence-corrected chi connectivity index (χ1v) is 7.94. The largest absolute Gasteiger partial charge is 0.481 e. The fraction of sp³-hybridized carbons (Fsp3) is 0.867. The second kappa shape index (κ2) is 7.11. The van der Waals surface area contributed by atoms with Gasteiger partial charge in [-0.2, -0.15) is 0 Å². The minimum absolute atomic E-state index is 0.155. The van der Waals surface area contributed by atoms with Gasteiger partial charge in [-0.3, -0.25) is 4.79 Å². The van der Waals surface area contributed by atoms with Gasteiger partial charge in [-0.1, -0.05) is 12.8 Å². The molecule has 0 aromatic rings. The molecule has 2 fully saturated rings. The van der Waals surface area contributed by atoms with Gasteiger partial charge in [-0.05, 0) is 38.0 Å². The van der Waals surface area contributed by atoms with Crippen molar-refractivity contribution in [3.63, 3.8) is 0 Å². The van der Waals surface area contributed by atoms with E-state index in [2.05, 4.69) is 5.32 Å². The van der Waals surface area contributed by atoms with E-state index in [1.165, 1.54) is 0 Å². The van der Waals surface area contributed by atoms with Gasteiger partial charge in [0.05, 0.1) is 5.41 Å². The zero-order valence-corrected chi connectivity index (χ0v) is 12.5. The van der Waals surface area contributed by atoms with Crippen LogP contribution in [0.15, 0.2) is 0 Å². The molecule has 120 valence electrons. The Balaban J connectivity index is 1.85. The minimum atomic E-state index is -0.794. The lowest BCUT2D eigenvalue weighted by Crippen LogP contribution is -2.49. The molecule has 21 heavy (non-hydrogen) atoms. The fourth-order valence-electron chi connectivity index (χ4n) is 3.54. The molecule has 0 aromatic heterocycles. The van der Waals surface area contributed by atoms with E-state index in [9.17, 15) is 14.7 Å². The highest BCUT2D eigenvalue weighted by atomic mass is 16.4. The second-order valence-corrected chi connectivity index (χ2v) is 6.42. The van der Waals surface area contributed by atoms with Crippen molar-refractivity contribution >= 4 is 12.0 Å². The smallest absolute Gasteiger partial charge is 0.317 e. The Morgan fingerprint density at radius 2 is 1.95 bits per heavy atom. The van der Waals surface area contributed by atoms with Crippen LogP contribution in [0.5, 0.6) is 0 Å². The van der Waals surface area contributed by atoms with Gasteiger partial charge in [0.15, 0.2) is 0 Å². The summed E-state index contributed by atoms with van der Waals surface area (Å²) in [5.74, 6) is -0.438. The Labute approximate surface area is 125 Å². The van der Waals surface area contributed by atoms with Crippen LogP contribution >= 0.6 is 0 Å². The first kappa shape index (κ1) is 16.1. The third-order valence-electron chi connectivity index (χ3n) is 4.94. The van der Waals surface area contributed by atoms with Crippen molar-refractivity contribution in [2.75, 3.05) is 26.2 Å². The number of aliphatic hydroxyl groups excluding tert-OH is 1. The third kappa shape index (κ3) is 3.87. The maximum Gasteiger partial charge on any atom is 0.317 e. The average Bonchev–Trinajstić information content (AvgIpc) is 2.96. The molecule has 6 heteroatoms. The van der Waals surface area contributed by atoms with Gasteiger partial charge in [-0.25, -0.2) is 4.79 Å². The molecule has 1 unspecified atom stereocenters. The van der Waals surface area contributed by atoms with E-state index in [-0.39, 0.29) is 19.2 Å². The molecule has 2 aliphatic rings. The van der Waals surface area contributed by atoms with Gasteiger partial charge in [0.1, 0.15) is 0 Å². The Kier molecular flexibility index (Phi) is 5.45. The predicted octanol–water partition coefficient (Wildman–Crippen LogP) is 1.44. The number of rotatable bonds is 5. The molecule has 1 aliphatic heterocycles. The average molecular weight is 298 g/mol. The topological polar surface area (TPSA) is 89.9 Å². The van der Waals surface area contributed by atoms with Crippen molar-refractivity contribution in [1.29, 1.82) is 0 Å². The molecule has 0 bridgehead atoms. The highest BCUT2D eigenvalue weighted by Crippen LogP contribution is 2.37. The molecule has 2 amide bonds. The van der Waals surface area contributed by atoms with Crippen LogP contribution in [-0.2, 0) is 4.79 Å². The van der Waals surface area contributed by atoms with Crippen LogP contribution in [-0.4, -0.2) is 53.4 Å². The number of carbonyl (C=O) groups is 2. The summed E-state index contributed by atoms with van der Waals surface area (Å²) >= 11 is 0. The number of piperidine rings is 1. The number of carboxylic acid groups (broad SMARTS) is 1. The van der Waals surface area contributed by atoms with Crippen LogP contribution in [0.4, 0.5) is 4.79 Å². The summed E-state index contributed by atoms with van der Waals surface area (Å²) in [6.45, 7) is 1.75. The summed E-state index contributed by atoms with van der Waals surface area (Å²) < 4.78 is 0. The lowest BCUT2D eigenvalue weighted by molar-refractivity contribution is -0.148. The molecule has 3 N–H and O–H groups in total. The molecule has 1 aliphatic carbocycles. The Bertz CT molecular complexity index is 378. The number of nitrogens with one attached hydrogen (secondary N) is 1. The standard InChI is InChI=1S/C15H26N2O4/c18-9-5-12-4-3-8-17(10-12)14(21)16-11-15(13(19)20)6-1-2-7-15/h12,18H,1-11H2,(H,16,21)(H,19,20). The molecule has 1 saturated heterocycles. The molecular formula is C15H26N2O4. The maximum absolute atomic E-state index is 12.2. The Hall–Kier alpha value is -1.30. The van der Waals surface area contributed by atoms with Gasteiger partial charge in [0.25, 0.3) is 0 Å². The summed E-state index contributed by atoms with van der Waals surface area (Å²) in [6.07, 6.45) is 5.86. The predicted molar refractivity (Wildman–Crippen MR) is 77.9 cm³/mol. The highest BCUT2D eigenvalue weighted by molar-refractivity contribution is 5.78. The normalized spacial score (nSPS) is 24.8. The van der Waals surface area contributed by atoms with Gasteiger partial charge in [-0.15, -0.1) is 0 Å². The monoisotopic (exact) mass is 298 g/mol. The van der Waals surface area contributed by atoms with Crippen LogP contribution in [0.2, 0.25) is 0 Å². The molecule has 2 rings (SSSR count). The lowest BCUT2D eigenvalue weighted by Gasteiger charge is -2.33. The van der Waals surface area contributed by atoms with Crippen molar-refractivity contribution in [2.24, 2.45) is 11.3 Å². The zero-order valence-electron chi connectivity index (χ0n) is 12.5. The van der Waals surface area contributed by atoms with Crippen molar-refractivity contribution < 1.29 is 19.8 Å². The number of hydrogen-bond acceptors (Lipinski definition) is 3. The summed E-state index contributed by atoms with van der Waals surface area (Å²) in [5.41, 5.74) is -0.768. The van der Waals surface area contributed by atoms with E-state index < -0.39 is 11.4 Å². The molecule has 6 nitrogen and oxygen atoms in total. The third-order valence-corrected chi connectivity index (χ3v) is 4.94. The number of carbonyl (C=O) groups excluding carboxylic acids is 1. The molecular weight excluding hydrogens is 272 g/mol. The number of likely N-dealkylation sites (tertiary alicyclic amines) is 1. The Morgan fingerprint density at radius 3 is 2.57 bits per heavy atom. The van der Waals surface area contributed by atoms with E-state index >= 15 is 0 Å². The molecule has 1 saturated carbocycles. The molecule has 0 radical (unpaired) electrons. The summed E-state index contributed by atoms with van der Waals surface area (Å²) in [5, 5.41) is 21.2.